The third-order valence-corrected chi connectivity index (χ3v) is 0.938. The van der Waals surface area contributed by atoms with Crippen LogP contribution in [0, 0.1) is 0 Å². The van der Waals surface area contributed by atoms with Gasteiger partial charge >= 0.3 is 5.97 Å². The number of carboxylic acid groups (broad SMARTS) is 1. The molecule has 10 heavy (non-hydrogen) atoms. The van der Waals surface area contributed by atoms with Crippen LogP contribution >= 0.6 is 0 Å². The van der Waals surface area contributed by atoms with E-state index in [0.717, 1.165) is 11.6 Å². The highest BCUT2D eigenvalue weighted by Crippen LogP contribution is 1.95. The summed E-state index contributed by atoms with van der Waals surface area (Å²) in [4.78, 5) is 9.98. The van der Waals surface area contributed by atoms with Crippen LogP contribution in [0.15, 0.2) is 18.5 Å². The van der Waals surface area contributed by atoms with Crippen molar-refractivity contribution >= 4 is 12.0 Å². The summed E-state index contributed by atoms with van der Waals surface area (Å²) in [5.74, 6) is -0.957. The summed E-state index contributed by atoms with van der Waals surface area (Å²) in [5.41, 5.74) is 0.752. The fourth-order valence-corrected chi connectivity index (χ4v) is 0.520. The van der Waals surface area contributed by atoms with Crippen LogP contribution in [-0.4, -0.2) is 21.3 Å². The van der Waals surface area contributed by atoms with E-state index in [-0.39, 0.29) is 0 Å². The molecule has 0 saturated carbocycles. The fraction of sp³-hybridized carbons (Fsp3) is 0. The number of nitrogens with zero attached hydrogens (tertiary/aromatic N) is 1. The van der Waals surface area contributed by atoms with Gasteiger partial charge in [-0.3, -0.25) is 5.10 Å². The minimum Gasteiger partial charge on any atom is -0.478 e. The predicted octanol–water partition coefficient (Wildman–Crippen LogP) is 0.507. The topological polar surface area (TPSA) is 66.0 Å². The molecule has 1 rings (SSSR count). The summed E-state index contributed by atoms with van der Waals surface area (Å²) in [6, 6.07) is 0. The van der Waals surface area contributed by atoms with Crippen LogP contribution < -0.4 is 0 Å². The maximum atomic E-state index is 9.98. The Balaban J connectivity index is 2.64. The molecule has 0 aliphatic carbocycles. The summed E-state index contributed by atoms with van der Waals surface area (Å²) in [6.45, 7) is 0. The van der Waals surface area contributed by atoms with E-state index < -0.39 is 5.97 Å². The summed E-state index contributed by atoms with van der Waals surface area (Å²) >= 11 is 0. The Morgan fingerprint density at radius 1 is 1.80 bits per heavy atom. The number of H-pyrrole nitrogens is 1. The SMILES string of the molecule is O=C(O)/C=C/c1cn[nH]c1. The van der Waals surface area contributed by atoms with Crippen LogP contribution in [0.5, 0.6) is 0 Å². The third-order valence-electron chi connectivity index (χ3n) is 0.938. The average Bonchev–Trinajstić information content (AvgIpc) is 2.34. The van der Waals surface area contributed by atoms with Crippen molar-refractivity contribution in [1.29, 1.82) is 0 Å². The summed E-state index contributed by atoms with van der Waals surface area (Å²) in [5, 5.41) is 14.4. The molecule has 0 atom stereocenters. The first kappa shape index (κ1) is 6.54. The molecule has 2 N–H and O–H groups in total. The van der Waals surface area contributed by atoms with Gasteiger partial charge in [0.15, 0.2) is 0 Å². The first-order valence-corrected chi connectivity index (χ1v) is 2.69. The van der Waals surface area contributed by atoms with Crippen LogP contribution in [0.25, 0.3) is 6.08 Å². The van der Waals surface area contributed by atoms with Crippen LogP contribution in [0.1, 0.15) is 5.56 Å². The van der Waals surface area contributed by atoms with E-state index >= 15 is 0 Å². The molecule has 0 aromatic carbocycles. The van der Waals surface area contributed by atoms with Crippen LogP contribution in [0.4, 0.5) is 0 Å². The second-order valence-electron chi connectivity index (χ2n) is 1.70. The van der Waals surface area contributed by atoms with Gasteiger partial charge in [-0.15, -0.1) is 0 Å². The Hall–Kier alpha value is -1.58. The summed E-state index contributed by atoms with van der Waals surface area (Å²) < 4.78 is 0. The van der Waals surface area contributed by atoms with E-state index in [4.69, 9.17) is 5.11 Å². The lowest BCUT2D eigenvalue weighted by Gasteiger charge is -1.77. The second kappa shape index (κ2) is 2.82. The highest BCUT2D eigenvalue weighted by molar-refractivity contribution is 5.85. The predicted molar refractivity (Wildman–Crippen MR) is 35.3 cm³/mol. The van der Waals surface area contributed by atoms with Gasteiger partial charge in [0.2, 0.25) is 0 Å². The Labute approximate surface area is 57.2 Å². The lowest BCUT2D eigenvalue weighted by Crippen LogP contribution is -1.84. The second-order valence-corrected chi connectivity index (χ2v) is 1.70. The van der Waals surface area contributed by atoms with Crippen molar-refractivity contribution in [2.75, 3.05) is 0 Å². The lowest BCUT2D eigenvalue weighted by molar-refractivity contribution is -0.131. The average molecular weight is 138 g/mol. The molecule has 0 unspecified atom stereocenters. The number of nitrogens with one attached hydrogen (secondary N) is 1. The number of rotatable bonds is 2. The molecule has 0 aliphatic rings. The molecule has 0 radical (unpaired) electrons. The number of hydrogen-bond acceptors (Lipinski definition) is 2. The van der Waals surface area contributed by atoms with Gasteiger partial charge in [0, 0.05) is 17.8 Å². The number of carboxylic acids is 1. The van der Waals surface area contributed by atoms with Crippen molar-refractivity contribution in [2.24, 2.45) is 0 Å². The molecule has 4 nitrogen and oxygen atoms in total. The zero-order chi connectivity index (χ0) is 7.40. The van der Waals surface area contributed by atoms with Crippen molar-refractivity contribution in [2.45, 2.75) is 0 Å². The molecule has 0 saturated heterocycles. The Bertz CT molecular complexity index is 238. The minimum atomic E-state index is -0.957. The maximum Gasteiger partial charge on any atom is 0.328 e. The van der Waals surface area contributed by atoms with Crippen molar-refractivity contribution in [3.8, 4) is 0 Å². The zero-order valence-electron chi connectivity index (χ0n) is 5.11. The molecule has 1 aromatic heterocycles. The number of aliphatic carboxylic acids is 1. The fourth-order valence-electron chi connectivity index (χ4n) is 0.520. The van der Waals surface area contributed by atoms with Gasteiger partial charge in [-0.25, -0.2) is 4.79 Å². The highest BCUT2D eigenvalue weighted by atomic mass is 16.4. The Morgan fingerprint density at radius 2 is 2.60 bits per heavy atom. The monoisotopic (exact) mass is 138 g/mol. The van der Waals surface area contributed by atoms with Gasteiger partial charge in [0.25, 0.3) is 0 Å². The quantitative estimate of drug-likeness (QED) is 0.585. The number of carbonyl (C=O) groups is 1. The van der Waals surface area contributed by atoms with Crippen molar-refractivity contribution < 1.29 is 9.90 Å². The first-order chi connectivity index (χ1) is 4.79. The molecule has 52 valence electrons. The zero-order valence-corrected chi connectivity index (χ0v) is 5.11. The van der Waals surface area contributed by atoms with E-state index in [0.29, 0.717) is 0 Å². The first-order valence-electron chi connectivity index (χ1n) is 2.69. The van der Waals surface area contributed by atoms with Gasteiger partial charge in [-0.2, -0.15) is 5.10 Å². The molecule has 0 fully saturated rings. The largest absolute Gasteiger partial charge is 0.478 e. The van der Waals surface area contributed by atoms with Crippen LogP contribution in [-0.2, 0) is 4.79 Å². The third kappa shape index (κ3) is 1.74. The van der Waals surface area contributed by atoms with Crippen LogP contribution in [0.3, 0.4) is 0 Å². The van der Waals surface area contributed by atoms with Crippen LogP contribution in [0.2, 0.25) is 0 Å². The summed E-state index contributed by atoms with van der Waals surface area (Å²) in [7, 11) is 0. The molecule has 0 bridgehead atoms. The van der Waals surface area contributed by atoms with Gasteiger partial charge in [0.1, 0.15) is 0 Å². The molecule has 0 aliphatic heterocycles. The molecule has 1 heterocycles. The van der Waals surface area contributed by atoms with E-state index in [1.54, 1.807) is 12.4 Å². The van der Waals surface area contributed by atoms with Crippen molar-refractivity contribution in [1.82, 2.24) is 10.2 Å². The van der Waals surface area contributed by atoms with Gasteiger partial charge in [-0.05, 0) is 6.08 Å². The normalized spacial score (nSPS) is 10.4. The van der Waals surface area contributed by atoms with E-state index in [1.807, 2.05) is 0 Å². The van der Waals surface area contributed by atoms with E-state index in [9.17, 15) is 4.79 Å². The van der Waals surface area contributed by atoms with Gasteiger partial charge < -0.3 is 5.11 Å². The number of aromatic nitrogens is 2. The molecule has 0 amide bonds. The smallest absolute Gasteiger partial charge is 0.328 e. The molecule has 1 aromatic rings. The summed E-state index contributed by atoms with van der Waals surface area (Å²) in [6.07, 6.45) is 5.68. The minimum absolute atomic E-state index is 0.752. The van der Waals surface area contributed by atoms with Gasteiger partial charge in [0.05, 0.1) is 6.20 Å². The number of hydrogen-bond donors (Lipinski definition) is 2. The maximum absolute atomic E-state index is 9.98. The molecule has 0 spiro atoms. The molecular weight excluding hydrogens is 132 g/mol. The van der Waals surface area contributed by atoms with Gasteiger partial charge in [-0.1, -0.05) is 0 Å². The standard InChI is InChI=1S/C6H6N2O2/c9-6(10)2-1-5-3-7-8-4-5/h1-4H,(H,7,8)(H,9,10)/b2-1+. The number of aromatic amines is 1. The van der Waals surface area contributed by atoms with E-state index in [1.165, 1.54) is 6.08 Å². The molecule has 4 heteroatoms. The molecular formula is C6H6N2O2. The Morgan fingerprint density at radius 3 is 3.10 bits per heavy atom. The van der Waals surface area contributed by atoms with E-state index in [2.05, 4.69) is 10.2 Å². The van der Waals surface area contributed by atoms with Crippen molar-refractivity contribution in [3.63, 3.8) is 0 Å². The lowest BCUT2D eigenvalue weighted by atomic mass is 10.3. The highest BCUT2D eigenvalue weighted by Gasteiger charge is 1.87. The van der Waals surface area contributed by atoms with Crippen molar-refractivity contribution in [3.05, 3.63) is 24.0 Å². The Kier molecular flexibility index (Phi) is 1.84.